The molecule has 4 heteroatoms. The first-order valence-corrected chi connectivity index (χ1v) is 8.02. The molecule has 0 aliphatic carbocycles. The first kappa shape index (κ1) is 14.7. The number of hydrogen-bond acceptors (Lipinski definition) is 3. The number of nitrogens with one attached hydrogen (secondary N) is 1. The zero-order chi connectivity index (χ0) is 16.4. The minimum Gasteiger partial charge on any atom is -0.340 e. The molecule has 1 N–H and O–H groups in total. The van der Waals surface area contributed by atoms with E-state index >= 15 is 0 Å². The Balaban J connectivity index is 1.86. The molecule has 116 valence electrons. The summed E-state index contributed by atoms with van der Waals surface area (Å²) in [6, 6.07) is 25.5. The number of hydrogen-bond donors (Lipinski definition) is 1. The van der Waals surface area contributed by atoms with Gasteiger partial charge >= 0.3 is 0 Å². The standard InChI is InChI=1S/C20H14ClN3/c21-15-12-10-14(11-13-15)19-23-18-9-5-4-8-17(18)20(24-19)22-16-6-2-1-3-7-16/h1-13H,(H,22,23,24). The third-order valence-electron chi connectivity index (χ3n) is 3.74. The second-order valence-electron chi connectivity index (χ2n) is 5.41. The summed E-state index contributed by atoms with van der Waals surface area (Å²) in [6.45, 7) is 0. The molecule has 0 radical (unpaired) electrons. The lowest BCUT2D eigenvalue weighted by molar-refractivity contribution is 1.22. The quantitative estimate of drug-likeness (QED) is 0.523. The topological polar surface area (TPSA) is 37.8 Å². The number of fused-ring (bicyclic) bond motifs is 1. The zero-order valence-corrected chi connectivity index (χ0v) is 13.5. The van der Waals surface area contributed by atoms with Crippen molar-refractivity contribution < 1.29 is 0 Å². The van der Waals surface area contributed by atoms with Gasteiger partial charge in [0, 0.05) is 21.7 Å². The van der Waals surface area contributed by atoms with Gasteiger partial charge in [0.1, 0.15) is 5.82 Å². The minimum absolute atomic E-state index is 0.670. The van der Waals surface area contributed by atoms with Crippen LogP contribution in [0.4, 0.5) is 11.5 Å². The highest BCUT2D eigenvalue weighted by Crippen LogP contribution is 2.27. The van der Waals surface area contributed by atoms with E-state index < -0.39 is 0 Å². The summed E-state index contributed by atoms with van der Waals surface area (Å²) in [7, 11) is 0. The van der Waals surface area contributed by atoms with Crippen molar-refractivity contribution in [2.24, 2.45) is 0 Å². The molecule has 0 atom stereocenters. The fourth-order valence-corrected chi connectivity index (χ4v) is 2.68. The van der Waals surface area contributed by atoms with Crippen LogP contribution in [0.3, 0.4) is 0 Å². The Hall–Kier alpha value is -2.91. The average molecular weight is 332 g/mol. The number of nitrogens with zero attached hydrogens (tertiary/aromatic N) is 2. The predicted octanol–water partition coefficient (Wildman–Crippen LogP) is 5.69. The van der Waals surface area contributed by atoms with Crippen molar-refractivity contribution in [1.82, 2.24) is 9.97 Å². The molecule has 0 fully saturated rings. The van der Waals surface area contributed by atoms with Gasteiger partial charge in [0.2, 0.25) is 0 Å². The molecule has 3 nitrogen and oxygen atoms in total. The van der Waals surface area contributed by atoms with Gasteiger partial charge in [0.05, 0.1) is 5.52 Å². The van der Waals surface area contributed by atoms with Crippen molar-refractivity contribution >= 4 is 34.0 Å². The van der Waals surface area contributed by atoms with Gasteiger partial charge in [-0.05, 0) is 48.5 Å². The summed E-state index contributed by atoms with van der Waals surface area (Å²) in [5.41, 5.74) is 2.82. The molecule has 24 heavy (non-hydrogen) atoms. The molecule has 0 bridgehead atoms. The van der Waals surface area contributed by atoms with Crippen LogP contribution in [0.5, 0.6) is 0 Å². The number of anilines is 2. The first-order chi connectivity index (χ1) is 11.8. The maximum Gasteiger partial charge on any atom is 0.162 e. The molecule has 3 aromatic carbocycles. The van der Waals surface area contributed by atoms with E-state index in [9.17, 15) is 0 Å². The van der Waals surface area contributed by atoms with Crippen LogP contribution in [-0.4, -0.2) is 9.97 Å². The summed E-state index contributed by atoms with van der Waals surface area (Å²) in [5, 5.41) is 5.07. The number of halogens is 1. The Bertz CT molecular complexity index is 983. The third kappa shape index (κ3) is 2.94. The van der Waals surface area contributed by atoms with Crippen LogP contribution in [0.25, 0.3) is 22.3 Å². The average Bonchev–Trinajstić information content (AvgIpc) is 2.63. The molecule has 4 aromatic rings. The lowest BCUT2D eigenvalue weighted by Gasteiger charge is -2.11. The summed E-state index contributed by atoms with van der Waals surface area (Å²) < 4.78 is 0. The molecule has 0 amide bonds. The van der Waals surface area contributed by atoms with E-state index in [2.05, 4.69) is 10.3 Å². The van der Waals surface area contributed by atoms with E-state index in [0.29, 0.717) is 10.8 Å². The van der Waals surface area contributed by atoms with Gasteiger partial charge in [0.15, 0.2) is 5.82 Å². The Kier molecular flexibility index (Phi) is 3.85. The second-order valence-corrected chi connectivity index (χ2v) is 5.85. The number of rotatable bonds is 3. The molecule has 0 spiro atoms. The maximum atomic E-state index is 5.98. The highest BCUT2D eigenvalue weighted by atomic mass is 35.5. The van der Waals surface area contributed by atoms with Crippen LogP contribution >= 0.6 is 11.6 Å². The molecule has 0 unspecified atom stereocenters. The smallest absolute Gasteiger partial charge is 0.162 e. The van der Waals surface area contributed by atoms with Crippen LogP contribution in [0.15, 0.2) is 78.9 Å². The molecular formula is C20H14ClN3. The molecule has 1 aromatic heterocycles. The summed E-state index contributed by atoms with van der Waals surface area (Å²) >= 11 is 5.98. The van der Waals surface area contributed by atoms with Crippen LogP contribution < -0.4 is 5.32 Å². The Labute approximate surface area is 145 Å². The van der Waals surface area contributed by atoms with Gasteiger partial charge in [-0.2, -0.15) is 0 Å². The highest BCUT2D eigenvalue weighted by Gasteiger charge is 2.09. The van der Waals surface area contributed by atoms with Gasteiger partial charge in [-0.1, -0.05) is 41.9 Å². The van der Waals surface area contributed by atoms with Gasteiger partial charge in [-0.3, -0.25) is 0 Å². The van der Waals surface area contributed by atoms with Gasteiger partial charge in [-0.25, -0.2) is 9.97 Å². The molecule has 0 aliphatic rings. The van der Waals surface area contributed by atoms with E-state index in [0.717, 1.165) is 28.0 Å². The number of para-hydroxylation sites is 2. The molecule has 4 rings (SSSR count). The van der Waals surface area contributed by atoms with Crippen molar-refractivity contribution in [2.45, 2.75) is 0 Å². The molecular weight excluding hydrogens is 318 g/mol. The van der Waals surface area contributed by atoms with Crippen molar-refractivity contribution in [1.29, 1.82) is 0 Å². The largest absolute Gasteiger partial charge is 0.340 e. The highest BCUT2D eigenvalue weighted by molar-refractivity contribution is 6.30. The van der Waals surface area contributed by atoms with E-state index in [1.165, 1.54) is 0 Å². The van der Waals surface area contributed by atoms with Crippen molar-refractivity contribution in [3.05, 3.63) is 83.9 Å². The van der Waals surface area contributed by atoms with Crippen LogP contribution in [0.2, 0.25) is 5.02 Å². The van der Waals surface area contributed by atoms with E-state index in [1.807, 2.05) is 78.9 Å². The fraction of sp³-hybridized carbons (Fsp3) is 0. The maximum absolute atomic E-state index is 5.98. The monoisotopic (exact) mass is 331 g/mol. The number of benzene rings is 3. The second kappa shape index (κ2) is 6.30. The minimum atomic E-state index is 0.670. The van der Waals surface area contributed by atoms with Crippen molar-refractivity contribution in [2.75, 3.05) is 5.32 Å². The van der Waals surface area contributed by atoms with E-state index in [4.69, 9.17) is 16.6 Å². The predicted molar refractivity (Wildman–Crippen MR) is 99.7 cm³/mol. The van der Waals surface area contributed by atoms with Crippen LogP contribution in [-0.2, 0) is 0 Å². The third-order valence-corrected chi connectivity index (χ3v) is 3.99. The number of aromatic nitrogens is 2. The van der Waals surface area contributed by atoms with Gasteiger partial charge in [0.25, 0.3) is 0 Å². The van der Waals surface area contributed by atoms with Crippen LogP contribution in [0.1, 0.15) is 0 Å². The summed E-state index contributed by atoms with van der Waals surface area (Å²) in [6.07, 6.45) is 0. The Morgan fingerprint density at radius 3 is 2.21 bits per heavy atom. The van der Waals surface area contributed by atoms with E-state index in [1.54, 1.807) is 0 Å². The lowest BCUT2D eigenvalue weighted by atomic mass is 10.2. The van der Waals surface area contributed by atoms with Crippen molar-refractivity contribution in [3.63, 3.8) is 0 Å². The fourth-order valence-electron chi connectivity index (χ4n) is 2.56. The first-order valence-electron chi connectivity index (χ1n) is 7.64. The SMILES string of the molecule is Clc1ccc(-c2nc(Nc3ccccc3)c3ccccc3n2)cc1. The molecule has 0 saturated heterocycles. The van der Waals surface area contributed by atoms with Gasteiger partial charge < -0.3 is 5.32 Å². The van der Waals surface area contributed by atoms with Crippen molar-refractivity contribution in [3.8, 4) is 11.4 Å². The van der Waals surface area contributed by atoms with Crippen LogP contribution in [0, 0.1) is 0 Å². The normalized spacial score (nSPS) is 10.7. The lowest BCUT2D eigenvalue weighted by Crippen LogP contribution is -1.99. The summed E-state index contributed by atoms with van der Waals surface area (Å²) in [5.74, 6) is 1.46. The van der Waals surface area contributed by atoms with E-state index in [-0.39, 0.29) is 0 Å². The molecule has 0 saturated carbocycles. The zero-order valence-electron chi connectivity index (χ0n) is 12.8. The Morgan fingerprint density at radius 2 is 1.42 bits per heavy atom. The summed E-state index contributed by atoms with van der Waals surface area (Å²) in [4.78, 5) is 9.41. The van der Waals surface area contributed by atoms with Gasteiger partial charge in [-0.15, -0.1) is 0 Å². The molecule has 1 heterocycles. The Morgan fingerprint density at radius 1 is 0.708 bits per heavy atom. The molecule has 0 aliphatic heterocycles.